The van der Waals surface area contributed by atoms with Crippen LogP contribution in [-0.2, 0) is 9.47 Å². The Bertz CT molecular complexity index is 224. The van der Waals surface area contributed by atoms with Gasteiger partial charge in [0.25, 0.3) is 0 Å². The van der Waals surface area contributed by atoms with Crippen molar-refractivity contribution in [1.29, 1.82) is 0 Å². The number of rotatable bonds is 16. The molecule has 1 unspecified atom stereocenters. The maximum atomic E-state index is 5.82. The Balaban J connectivity index is 4.13. The van der Waals surface area contributed by atoms with E-state index >= 15 is 0 Å². The standard InChI is InChI=1S/C20H42O2/c1-6-9-11-12-13-14-15-17-20(21-4,22-5)18-19(8-3)16-10-7-2/h19H,6-18H2,1-5H3. The average Bonchev–Trinajstić information content (AvgIpc) is 2.56. The van der Waals surface area contributed by atoms with E-state index in [1.54, 1.807) is 0 Å². The molecule has 0 radical (unpaired) electrons. The van der Waals surface area contributed by atoms with Crippen molar-refractivity contribution >= 4 is 0 Å². The van der Waals surface area contributed by atoms with Crippen molar-refractivity contribution in [3.63, 3.8) is 0 Å². The molecule has 0 aromatic rings. The van der Waals surface area contributed by atoms with E-state index in [-0.39, 0.29) is 5.79 Å². The monoisotopic (exact) mass is 314 g/mol. The fourth-order valence-electron chi connectivity index (χ4n) is 3.29. The SMILES string of the molecule is CCCCCCCCCC(CC(CC)CCCC)(OC)OC. The maximum absolute atomic E-state index is 5.82. The zero-order chi connectivity index (χ0) is 16.7. The highest BCUT2D eigenvalue weighted by molar-refractivity contribution is 4.74. The first kappa shape index (κ1) is 21.9. The highest BCUT2D eigenvalue weighted by atomic mass is 16.7. The van der Waals surface area contributed by atoms with Gasteiger partial charge in [-0.1, -0.05) is 85.0 Å². The van der Waals surface area contributed by atoms with Crippen molar-refractivity contribution < 1.29 is 9.47 Å². The summed E-state index contributed by atoms with van der Waals surface area (Å²) in [7, 11) is 3.63. The van der Waals surface area contributed by atoms with E-state index in [0.29, 0.717) is 0 Å². The Morgan fingerprint density at radius 1 is 0.727 bits per heavy atom. The summed E-state index contributed by atoms with van der Waals surface area (Å²) < 4.78 is 11.6. The maximum Gasteiger partial charge on any atom is 0.167 e. The van der Waals surface area contributed by atoms with Gasteiger partial charge in [-0.25, -0.2) is 0 Å². The molecule has 0 saturated heterocycles. The third-order valence-electron chi connectivity index (χ3n) is 5.05. The molecule has 0 aromatic heterocycles. The Morgan fingerprint density at radius 2 is 1.27 bits per heavy atom. The van der Waals surface area contributed by atoms with Gasteiger partial charge >= 0.3 is 0 Å². The summed E-state index contributed by atoms with van der Waals surface area (Å²) >= 11 is 0. The van der Waals surface area contributed by atoms with Crippen LogP contribution in [0.5, 0.6) is 0 Å². The first-order valence-electron chi connectivity index (χ1n) is 9.78. The normalized spacial score (nSPS) is 13.5. The van der Waals surface area contributed by atoms with Gasteiger partial charge in [0.15, 0.2) is 5.79 Å². The summed E-state index contributed by atoms with van der Waals surface area (Å²) in [5.41, 5.74) is 0. The van der Waals surface area contributed by atoms with E-state index in [0.717, 1.165) is 18.8 Å². The molecule has 0 aliphatic heterocycles. The smallest absolute Gasteiger partial charge is 0.167 e. The van der Waals surface area contributed by atoms with Gasteiger partial charge in [-0.3, -0.25) is 0 Å². The van der Waals surface area contributed by atoms with Gasteiger partial charge in [-0.05, 0) is 12.3 Å². The molecule has 0 aromatic carbocycles. The van der Waals surface area contributed by atoms with E-state index in [4.69, 9.17) is 9.47 Å². The van der Waals surface area contributed by atoms with Gasteiger partial charge < -0.3 is 9.47 Å². The molecule has 0 N–H and O–H groups in total. The van der Waals surface area contributed by atoms with Crippen LogP contribution in [0.3, 0.4) is 0 Å². The number of ether oxygens (including phenoxy) is 2. The zero-order valence-corrected chi connectivity index (χ0v) is 16.1. The van der Waals surface area contributed by atoms with Crippen LogP contribution < -0.4 is 0 Å². The van der Waals surface area contributed by atoms with Crippen molar-refractivity contribution in [3.05, 3.63) is 0 Å². The number of hydrogen-bond donors (Lipinski definition) is 0. The summed E-state index contributed by atoms with van der Waals surface area (Å²) in [4.78, 5) is 0. The van der Waals surface area contributed by atoms with Crippen LogP contribution in [0.1, 0.15) is 104 Å². The van der Waals surface area contributed by atoms with Crippen molar-refractivity contribution in [2.24, 2.45) is 5.92 Å². The molecule has 22 heavy (non-hydrogen) atoms. The van der Waals surface area contributed by atoms with Crippen molar-refractivity contribution in [2.75, 3.05) is 14.2 Å². The summed E-state index contributed by atoms with van der Waals surface area (Å²) in [5.74, 6) is 0.377. The lowest BCUT2D eigenvalue weighted by Gasteiger charge is -2.34. The van der Waals surface area contributed by atoms with Gasteiger partial charge in [0, 0.05) is 27.1 Å². The van der Waals surface area contributed by atoms with Crippen molar-refractivity contribution in [2.45, 2.75) is 110 Å². The summed E-state index contributed by atoms with van der Waals surface area (Å²) in [5, 5.41) is 0. The Labute approximate surface area is 140 Å². The summed E-state index contributed by atoms with van der Waals surface area (Å²) in [6.45, 7) is 6.84. The molecule has 0 fully saturated rings. The molecule has 0 bridgehead atoms. The second kappa shape index (κ2) is 14.5. The van der Waals surface area contributed by atoms with Gasteiger partial charge in [0.1, 0.15) is 0 Å². The average molecular weight is 315 g/mol. The third-order valence-corrected chi connectivity index (χ3v) is 5.05. The van der Waals surface area contributed by atoms with Gasteiger partial charge in [0.2, 0.25) is 0 Å². The highest BCUT2D eigenvalue weighted by Gasteiger charge is 2.31. The summed E-state index contributed by atoms with van der Waals surface area (Å²) in [6.07, 6.45) is 16.6. The van der Waals surface area contributed by atoms with E-state index in [2.05, 4.69) is 20.8 Å². The van der Waals surface area contributed by atoms with Crippen molar-refractivity contribution in [1.82, 2.24) is 0 Å². The molecular formula is C20H42O2. The Morgan fingerprint density at radius 3 is 1.77 bits per heavy atom. The van der Waals surface area contributed by atoms with Gasteiger partial charge in [0.05, 0.1) is 0 Å². The molecule has 0 saturated carbocycles. The van der Waals surface area contributed by atoms with Crippen LogP contribution in [0, 0.1) is 5.92 Å². The first-order chi connectivity index (χ1) is 10.7. The first-order valence-corrected chi connectivity index (χ1v) is 9.78. The predicted octanol–water partition coefficient (Wildman–Crippen LogP) is 6.72. The zero-order valence-electron chi connectivity index (χ0n) is 16.1. The summed E-state index contributed by atoms with van der Waals surface area (Å²) in [6, 6.07) is 0. The quantitative estimate of drug-likeness (QED) is 0.232. The van der Waals surface area contributed by atoms with Crippen LogP contribution in [-0.4, -0.2) is 20.0 Å². The van der Waals surface area contributed by atoms with E-state index in [1.807, 2.05) is 14.2 Å². The van der Waals surface area contributed by atoms with Crippen LogP contribution in [0.15, 0.2) is 0 Å². The van der Waals surface area contributed by atoms with Crippen LogP contribution in [0.2, 0.25) is 0 Å². The Kier molecular flexibility index (Phi) is 14.5. The molecule has 0 aliphatic carbocycles. The molecule has 0 heterocycles. The minimum Gasteiger partial charge on any atom is -0.353 e. The fraction of sp³-hybridized carbons (Fsp3) is 1.00. The molecule has 0 aliphatic rings. The molecule has 134 valence electrons. The number of unbranched alkanes of at least 4 members (excludes halogenated alkanes) is 7. The predicted molar refractivity (Wildman–Crippen MR) is 97.3 cm³/mol. The lowest BCUT2D eigenvalue weighted by atomic mass is 9.89. The lowest BCUT2D eigenvalue weighted by molar-refractivity contribution is -0.222. The minimum atomic E-state index is -0.349. The molecular weight excluding hydrogens is 272 g/mol. The largest absolute Gasteiger partial charge is 0.353 e. The topological polar surface area (TPSA) is 18.5 Å². The number of methoxy groups -OCH3 is 2. The molecule has 0 amide bonds. The van der Waals surface area contributed by atoms with E-state index in [1.165, 1.54) is 70.6 Å². The minimum absolute atomic E-state index is 0.349. The molecule has 0 rings (SSSR count). The third kappa shape index (κ3) is 9.84. The van der Waals surface area contributed by atoms with Gasteiger partial charge in [-0.15, -0.1) is 0 Å². The second-order valence-corrected chi connectivity index (χ2v) is 6.81. The molecule has 2 nitrogen and oxygen atoms in total. The van der Waals surface area contributed by atoms with Crippen LogP contribution >= 0.6 is 0 Å². The molecule has 0 spiro atoms. The van der Waals surface area contributed by atoms with Crippen LogP contribution in [0.25, 0.3) is 0 Å². The lowest BCUT2D eigenvalue weighted by Crippen LogP contribution is -2.36. The molecule has 1 atom stereocenters. The van der Waals surface area contributed by atoms with Gasteiger partial charge in [-0.2, -0.15) is 0 Å². The second-order valence-electron chi connectivity index (χ2n) is 6.81. The highest BCUT2D eigenvalue weighted by Crippen LogP contribution is 2.31. The van der Waals surface area contributed by atoms with Crippen molar-refractivity contribution in [3.8, 4) is 0 Å². The fourth-order valence-corrected chi connectivity index (χ4v) is 3.29. The van der Waals surface area contributed by atoms with E-state index < -0.39 is 0 Å². The molecule has 2 heteroatoms. The Hall–Kier alpha value is -0.0800. The van der Waals surface area contributed by atoms with Crippen LogP contribution in [0.4, 0.5) is 0 Å². The van der Waals surface area contributed by atoms with E-state index in [9.17, 15) is 0 Å². The number of hydrogen-bond acceptors (Lipinski definition) is 2.